The SMILES string of the molecule is CC(C)c1nc(Cl)cc(NC(C)c2ccco2)n1. The first-order valence-corrected chi connectivity index (χ1v) is 6.28. The van der Waals surface area contributed by atoms with Crippen LogP contribution in [0.3, 0.4) is 0 Å². The average molecular weight is 266 g/mol. The molecule has 2 aromatic rings. The average Bonchev–Trinajstić information content (AvgIpc) is 2.81. The number of hydrogen-bond acceptors (Lipinski definition) is 4. The Morgan fingerprint density at radius 3 is 2.67 bits per heavy atom. The summed E-state index contributed by atoms with van der Waals surface area (Å²) in [6.07, 6.45) is 1.65. The van der Waals surface area contributed by atoms with Gasteiger partial charge in [-0.2, -0.15) is 0 Å². The quantitative estimate of drug-likeness (QED) is 0.849. The molecule has 2 heterocycles. The molecule has 5 heteroatoms. The first-order valence-electron chi connectivity index (χ1n) is 5.90. The van der Waals surface area contributed by atoms with E-state index in [1.54, 1.807) is 12.3 Å². The van der Waals surface area contributed by atoms with Gasteiger partial charge in [-0.3, -0.25) is 0 Å². The van der Waals surface area contributed by atoms with Gasteiger partial charge < -0.3 is 9.73 Å². The van der Waals surface area contributed by atoms with Gasteiger partial charge in [0.25, 0.3) is 0 Å². The van der Waals surface area contributed by atoms with Crippen LogP contribution in [-0.2, 0) is 0 Å². The predicted molar refractivity (Wildman–Crippen MR) is 71.9 cm³/mol. The van der Waals surface area contributed by atoms with Gasteiger partial charge in [0.15, 0.2) is 0 Å². The molecule has 1 atom stereocenters. The van der Waals surface area contributed by atoms with Crippen molar-refractivity contribution in [2.24, 2.45) is 0 Å². The Kier molecular flexibility index (Phi) is 3.87. The molecule has 18 heavy (non-hydrogen) atoms. The Morgan fingerprint density at radius 2 is 2.06 bits per heavy atom. The lowest BCUT2D eigenvalue weighted by Gasteiger charge is -2.13. The van der Waals surface area contributed by atoms with E-state index in [0.29, 0.717) is 11.0 Å². The summed E-state index contributed by atoms with van der Waals surface area (Å²) < 4.78 is 5.34. The second kappa shape index (κ2) is 5.40. The number of rotatable bonds is 4. The first-order chi connectivity index (χ1) is 8.56. The van der Waals surface area contributed by atoms with Crippen LogP contribution in [0.15, 0.2) is 28.9 Å². The summed E-state index contributed by atoms with van der Waals surface area (Å²) in [5, 5.41) is 3.70. The van der Waals surface area contributed by atoms with Crippen LogP contribution < -0.4 is 5.32 Å². The minimum Gasteiger partial charge on any atom is -0.467 e. The van der Waals surface area contributed by atoms with E-state index in [1.807, 2.05) is 32.9 Å². The van der Waals surface area contributed by atoms with E-state index in [4.69, 9.17) is 16.0 Å². The van der Waals surface area contributed by atoms with Crippen LogP contribution in [0.2, 0.25) is 5.15 Å². The zero-order valence-corrected chi connectivity index (χ0v) is 11.4. The van der Waals surface area contributed by atoms with E-state index in [2.05, 4.69) is 15.3 Å². The molecule has 0 amide bonds. The fourth-order valence-electron chi connectivity index (χ4n) is 1.60. The van der Waals surface area contributed by atoms with Crippen LogP contribution in [0, 0.1) is 0 Å². The Hall–Kier alpha value is -1.55. The summed E-state index contributed by atoms with van der Waals surface area (Å²) in [6.45, 7) is 6.07. The maximum absolute atomic E-state index is 5.99. The molecular formula is C13H16ClN3O. The van der Waals surface area contributed by atoms with Crippen molar-refractivity contribution in [1.82, 2.24) is 9.97 Å². The highest BCUT2D eigenvalue weighted by Gasteiger charge is 2.11. The topological polar surface area (TPSA) is 51.0 Å². The Bertz CT molecular complexity index is 511. The minimum absolute atomic E-state index is 0.0333. The molecule has 0 aliphatic heterocycles. The highest BCUT2D eigenvalue weighted by molar-refractivity contribution is 6.29. The maximum Gasteiger partial charge on any atom is 0.135 e. The van der Waals surface area contributed by atoms with Gasteiger partial charge in [0.05, 0.1) is 12.3 Å². The van der Waals surface area contributed by atoms with E-state index >= 15 is 0 Å². The third-order valence-electron chi connectivity index (χ3n) is 2.56. The molecule has 2 aromatic heterocycles. The van der Waals surface area contributed by atoms with Gasteiger partial charge in [0.1, 0.15) is 22.6 Å². The van der Waals surface area contributed by atoms with Crippen molar-refractivity contribution in [3.63, 3.8) is 0 Å². The molecule has 0 aliphatic rings. The van der Waals surface area contributed by atoms with E-state index in [9.17, 15) is 0 Å². The molecule has 1 N–H and O–H groups in total. The van der Waals surface area contributed by atoms with E-state index in [-0.39, 0.29) is 12.0 Å². The number of nitrogens with one attached hydrogen (secondary N) is 1. The molecule has 0 spiro atoms. The van der Waals surface area contributed by atoms with Crippen molar-refractivity contribution in [1.29, 1.82) is 0 Å². The van der Waals surface area contributed by atoms with Gasteiger partial charge in [0, 0.05) is 12.0 Å². The lowest BCUT2D eigenvalue weighted by Crippen LogP contribution is -2.09. The molecule has 2 rings (SSSR count). The molecule has 0 aromatic carbocycles. The Morgan fingerprint density at radius 1 is 1.28 bits per heavy atom. The molecule has 0 fully saturated rings. The van der Waals surface area contributed by atoms with Crippen molar-refractivity contribution in [2.45, 2.75) is 32.7 Å². The van der Waals surface area contributed by atoms with Gasteiger partial charge in [-0.1, -0.05) is 25.4 Å². The van der Waals surface area contributed by atoms with E-state index in [0.717, 1.165) is 11.6 Å². The highest BCUT2D eigenvalue weighted by atomic mass is 35.5. The molecule has 4 nitrogen and oxygen atoms in total. The molecule has 0 bridgehead atoms. The van der Waals surface area contributed by atoms with Crippen LogP contribution >= 0.6 is 11.6 Å². The number of halogens is 1. The summed E-state index contributed by atoms with van der Waals surface area (Å²) in [4.78, 5) is 8.63. The lowest BCUT2D eigenvalue weighted by atomic mass is 10.2. The number of aromatic nitrogens is 2. The van der Waals surface area contributed by atoms with Crippen LogP contribution in [0.5, 0.6) is 0 Å². The Labute approximate surface area is 111 Å². The van der Waals surface area contributed by atoms with Gasteiger partial charge in [0.2, 0.25) is 0 Å². The molecule has 0 saturated heterocycles. The zero-order chi connectivity index (χ0) is 13.1. The van der Waals surface area contributed by atoms with Crippen LogP contribution in [0.1, 0.15) is 44.3 Å². The second-order valence-electron chi connectivity index (χ2n) is 4.47. The molecule has 0 saturated carbocycles. The van der Waals surface area contributed by atoms with Crippen LogP contribution in [0.25, 0.3) is 0 Å². The summed E-state index contributed by atoms with van der Waals surface area (Å²) in [6, 6.07) is 5.53. The summed E-state index contributed by atoms with van der Waals surface area (Å²) in [5.41, 5.74) is 0. The van der Waals surface area contributed by atoms with Crippen LogP contribution in [0.4, 0.5) is 5.82 Å². The van der Waals surface area contributed by atoms with Crippen LogP contribution in [-0.4, -0.2) is 9.97 Å². The third kappa shape index (κ3) is 3.01. The number of nitrogens with zero attached hydrogens (tertiary/aromatic N) is 2. The maximum atomic E-state index is 5.99. The summed E-state index contributed by atoms with van der Waals surface area (Å²) in [5.74, 6) is 2.54. The smallest absolute Gasteiger partial charge is 0.135 e. The zero-order valence-electron chi connectivity index (χ0n) is 10.6. The molecule has 96 valence electrons. The van der Waals surface area contributed by atoms with Crippen molar-refractivity contribution in [3.05, 3.63) is 41.2 Å². The fraction of sp³-hybridized carbons (Fsp3) is 0.385. The lowest BCUT2D eigenvalue weighted by molar-refractivity contribution is 0.490. The van der Waals surface area contributed by atoms with Gasteiger partial charge >= 0.3 is 0 Å². The number of furan rings is 1. The standard InChI is InChI=1S/C13H16ClN3O/c1-8(2)13-16-11(14)7-12(17-13)15-9(3)10-5-4-6-18-10/h4-9H,1-3H3,(H,15,16,17). The van der Waals surface area contributed by atoms with E-state index < -0.39 is 0 Å². The third-order valence-corrected chi connectivity index (χ3v) is 2.76. The number of hydrogen-bond donors (Lipinski definition) is 1. The van der Waals surface area contributed by atoms with Gasteiger partial charge in [-0.25, -0.2) is 9.97 Å². The van der Waals surface area contributed by atoms with Crippen molar-refractivity contribution in [3.8, 4) is 0 Å². The molecule has 0 aliphatic carbocycles. The largest absolute Gasteiger partial charge is 0.467 e. The van der Waals surface area contributed by atoms with Crippen molar-refractivity contribution < 1.29 is 4.42 Å². The molecular weight excluding hydrogens is 250 g/mol. The summed E-state index contributed by atoms with van der Waals surface area (Å²) >= 11 is 5.99. The Balaban J connectivity index is 2.18. The van der Waals surface area contributed by atoms with Gasteiger partial charge in [-0.15, -0.1) is 0 Å². The number of anilines is 1. The normalized spacial score (nSPS) is 12.7. The molecule has 1 unspecified atom stereocenters. The molecule has 0 radical (unpaired) electrons. The second-order valence-corrected chi connectivity index (χ2v) is 4.86. The van der Waals surface area contributed by atoms with Crippen molar-refractivity contribution >= 4 is 17.4 Å². The predicted octanol–water partition coefficient (Wildman–Crippen LogP) is 4.02. The highest BCUT2D eigenvalue weighted by Crippen LogP contribution is 2.21. The fourth-order valence-corrected chi connectivity index (χ4v) is 1.79. The van der Waals surface area contributed by atoms with Crippen molar-refractivity contribution in [2.75, 3.05) is 5.32 Å². The first kappa shape index (κ1) is 12.9. The minimum atomic E-state index is 0.0333. The van der Waals surface area contributed by atoms with E-state index in [1.165, 1.54) is 0 Å². The monoisotopic (exact) mass is 265 g/mol. The summed E-state index contributed by atoms with van der Waals surface area (Å²) in [7, 11) is 0. The van der Waals surface area contributed by atoms with Gasteiger partial charge in [-0.05, 0) is 19.1 Å².